The van der Waals surface area contributed by atoms with Crippen LogP contribution in [0.25, 0.3) is 0 Å². The normalized spacial score (nSPS) is 10.0. The fourth-order valence-corrected chi connectivity index (χ4v) is 2.53. The van der Waals surface area contributed by atoms with Gasteiger partial charge in [-0.3, -0.25) is 0 Å². The lowest BCUT2D eigenvalue weighted by Gasteiger charge is -2.11. The minimum atomic E-state index is 0.562. The Bertz CT molecular complexity index is 589. The zero-order valence-electron chi connectivity index (χ0n) is 9.99. The van der Waals surface area contributed by atoms with Gasteiger partial charge in [0.25, 0.3) is 0 Å². The van der Waals surface area contributed by atoms with Crippen LogP contribution in [0.2, 0.25) is 5.02 Å². The first-order valence-corrected chi connectivity index (χ1v) is 7.55. The second-order valence-electron chi connectivity index (χ2n) is 3.92. The van der Waals surface area contributed by atoms with Gasteiger partial charge in [-0.2, -0.15) is 0 Å². The van der Waals surface area contributed by atoms with Crippen LogP contribution in [0.1, 0.15) is 5.56 Å². The minimum absolute atomic E-state index is 0.562. The molecule has 98 valence electrons. The van der Waals surface area contributed by atoms with E-state index in [2.05, 4.69) is 51.4 Å². The summed E-state index contributed by atoms with van der Waals surface area (Å²) in [5.41, 5.74) is 2.00. The van der Waals surface area contributed by atoms with Crippen molar-refractivity contribution in [1.82, 2.24) is 5.32 Å². The SMILES string of the molecule is S=C(NCc1cccc(I)c1)Nc1ccccc1Cl. The third kappa shape index (κ3) is 4.63. The molecule has 0 bridgehead atoms. The highest BCUT2D eigenvalue weighted by molar-refractivity contribution is 14.1. The lowest BCUT2D eigenvalue weighted by Crippen LogP contribution is -2.28. The third-order valence-corrected chi connectivity index (χ3v) is 3.71. The van der Waals surface area contributed by atoms with Crippen LogP contribution in [0.5, 0.6) is 0 Å². The molecule has 0 atom stereocenters. The zero-order valence-corrected chi connectivity index (χ0v) is 13.7. The standard InChI is InChI=1S/C14H12ClIN2S/c15-12-6-1-2-7-13(12)18-14(19)17-9-10-4-3-5-11(16)8-10/h1-8H,9H2,(H2,17,18,19). The molecule has 0 fully saturated rings. The average molecular weight is 403 g/mol. The number of rotatable bonds is 3. The van der Waals surface area contributed by atoms with E-state index in [1.54, 1.807) is 0 Å². The van der Waals surface area contributed by atoms with E-state index in [1.807, 2.05) is 30.3 Å². The number of nitrogens with one attached hydrogen (secondary N) is 2. The third-order valence-electron chi connectivity index (χ3n) is 2.46. The second-order valence-corrected chi connectivity index (χ2v) is 5.98. The average Bonchev–Trinajstić information content (AvgIpc) is 2.39. The summed E-state index contributed by atoms with van der Waals surface area (Å²) in [5.74, 6) is 0. The quantitative estimate of drug-likeness (QED) is 0.587. The molecule has 0 saturated carbocycles. The van der Waals surface area contributed by atoms with Gasteiger partial charge in [-0.1, -0.05) is 35.9 Å². The van der Waals surface area contributed by atoms with Crippen molar-refractivity contribution in [2.75, 3.05) is 5.32 Å². The molecule has 0 aliphatic carbocycles. The van der Waals surface area contributed by atoms with Crippen molar-refractivity contribution in [2.24, 2.45) is 0 Å². The molecule has 2 nitrogen and oxygen atoms in total. The molecule has 0 heterocycles. The maximum absolute atomic E-state index is 6.06. The highest BCUT2D eigenvalue weighted by Crippen LogP contribution is 2.20. The molecule has 0 saturated heterocycles. The van der Waals surface area contributed by atoms with E-state index in [1.165, 1.54) is 9.13 Å². The molecule has 0 unspecified atom stereocenters. The van der Waals surface area contributed by atoms with Gasteiger partial charge in [0.05, 0.1) is 10.7 Å². The maximum atomic E-state index is 6.06. The van der Waals surface area contributed by atoms with Crippen molar-refractivity contribution in [3.8, 4) is 0 Å². The minimum Gasteiger partial charge on any atom is -0.358 e. The fourth-order valence-electron chi connectivity index (χ4n) is 1.56. The number of para-hydroxylation sites is 1. The van der Waals surface area contributed by atoms with Crippen LogP contribution in [-0.4, -0.2) is 5.11 Å². The molecule has 2 aromatic rings. The monoisotopic (exact) mass is 402 g/mol. The molecule has 2 aromatic carbocycles. The molecule has 5 heteroatoms. The van der Waals surface area contributed by atoms with Gasteiger partial charge >= 0.3 is 0 Å². The van der Waals surface area contributed by atoms with Gasteiger partial charge < -0.3 is 10.6 Å². The highest BCUT2D eigenvalue weighted by Gasteiger charge is 2.01. The zero-order chi connectivity index (χ0) is 13.7. The number of halogens is 2. The Morgan fingerprint density at radius 3 is 2.68 bits per heavy atom. The summed E-state index contributed by atoms with van der Waals surface area (Å²) in [5, 5.41) is 7.46. The van der Waals surface area contributed by atoms with Crippen molar-refractivity contribution >= 4 is 57.2 Å². The van der Waals surface area contributed by atoms with Gasteiger partial charge in [0.15, 0.2) is 5.11 Å². The Morgan fingerprint density at radius 1 is 1.16 bits per heavy atom. The number of benzene rings is 2. The lowest BCUT2D eigenvalue weighted by molar-refractivity contribution is 0.925. The molecule has 2 N–H and O–H groups in total. The van der Waals surface area contributed by atoms with Gasteiger partial charge in [0, 0.05) is 10.1 Å². The van der Waals surface area contributed by atoms with Crippen molar-refractivity contribution in [3.05, 3.63) is 62.7 Å². The highest BCUT2D eigenvalue weighted by atomic mass is 127. The van der Waals surface area contributed by atoms with E-state index in [0.717, 1.165) is 5.69 Å². The Kier molecular flexibility index (Phi) is 5.42. The summed E-state index contributed by atoms with van der Waals surface area (Å²) in [6.45, 7) is 0.688. The van der Waals surface area contributed by atoms with Crippen molar-refractivity contribution in [2.45, 2.75) is 6.54 Å². The summed E-state index contributed by atoms with van der Waals surface area (Å²) in [7, 11) is 0. The van der Waals surface area contributed by atoms with Crippen LogP contribution in [0.4, 0.5) is 5.69 Å². The number of hydrogen-bond donors (Lipinski definition) is 2. The van der Waals surface area contributed by atoms with Gasteiger partial charge in [-0.05, 0) is 64.6 Å². The van der Waals surface area contributed by atoms with Crippen molar-refractivity contribution in [1.29, 1.82) is 0 Å². The molecule has 19 heavy (non-hydrogen) atoms. The van der Waals surface area contributed by atoms with Crippen molar-refractivity contribution in [3.63, 3.8) is 0 Å². The Labute approximate surface area is 136 Å². The summed E-state index contributed by atoms with van der Waals surface area (Å²) >= 11 is 13.6. The largest absolute Gasteiger partial charge is 0.358 e. The van der Waals surface area contributed by atoms with Crippen LogP contribution in [0.3, 0.4) is 0 Å². The topological polar surface area (TPSA) is 24.1 Å². The Hall–Kier alpha value is -0.850. The van der Waals surface area contributed by atoms with E-state index >= 15 is 0 Å². The summed E-state index contributed by atoms with van der Waals surface area (Å²) in [6.07, 6.45) is 0. The van der Waals surface area contributed by atoms with Gasteiger partial charge in [-0.25, -0.2) is 0 Å². The van der Waals surface area contributed by atoms with Gasteiger partial charge in [-0.15, -0.1) is 0 Å². The van der Waals surface area contributed by atoms with Crippen LogP contribution in [-0.2, 0) is 6.54 Å². The first kappa shape index (κ1) is 14.6. The van der Waals surface area contributed by atoms with Gasteiger partial charge in [0.2, 0.25) is 0 Å². The predicted octanol–water partition coefficient (Wildman–Crippen LogP) is 4.43. The molecule has 2 rings (SSSR count). The number of hydrogen-bond acceptors (Lipinski definition) is 1. The molecule has 0 spiro atoms. The Morgan fingerprint density at radius 2 is 1.95 bits per heavy atom. The number of thiocarbonyl (C=S) groups is 1. The van der Waals surface area contributed by atoms with Crippen LogP contribution in [0, 0.1) is 3.57 Å². The van der Waals surface area contributed by atoms with E-state index < -0.39 is 0 Å². The molecule has 0 amide bonds. The van der Waals surface area contributed by atoms with E-state index in [9.17, 15) is 0 Å². The Balaban J connectivity index is 1.90. The molecule has 0 aliphatic rings. The van der Waals surface area contributed by atoms with Crippen LogP contribution >= 0.6 is 46.4 Å². The van der Waals surface area contributed by atoms with E-state index in [0.29, 0.717) is 16.7 Å². The first-order chi connectivity index (χ1) is 9.15. The summed E-state index contributed by atoms with van der Waals surface area (Å²) < 4.78 is 1.21. The molecule has 0 aromatic heterocycles. The molecule has 0 radical (unpaired) electrons. The summed E-state index contributed by atoms with van der Waals surface area (Å²) in [4.78, 5) is 0. The lowest BCUT2D eigenvalue weighted by atomic mass is 10.2. The van der Waals surface area contributed by atoms with E-state index in [-0.39, 0.29) is 0 Å². The molecular formula is C14H12ClIN2S. The first-order valence-electron chi connectivity index (χ1n) is 5.69. The van der Waals surface area contributed by atoms with Gasteiger partial charge in [0.1, 0.15) is 0 Å². The predicted molar refractivity (Wildman–Crippen MR) is 93.7 cm³/mol. The molecular weight excluding hydrogens is 391 g/mol. The van der Waals surface area contributed by atoms with Crippen LogP contribution < -0.4 is 10.6 Å². The fraction of sp³-hybridized carbons (Fsp3) is 0.0714. The smallest absolute Gasteiger partial charge is 0.171 e. The van der Waals surface area contributed by atoms with Crippen molar-refractivity contribution < 1.29 is 0 Å². The summed E-state index contributed by atoms with van der Waals surface area (Å²) in [6, 6.07) is 15.8. The molecule has 0 aliphatic heterocycles. The van der Waals surface area contributed by atoms with E-state index in [4.69, 9.17) is 23.8 Å². The van der Waals surface area contributed by atoms with Crippen LogP contribution in [0.15, 0.2) is 48.5 Å². The second kappa shape index (κ2) is 7.07. The maximum Gasteiger partial charge on any atom is 0.171 e. The number of anilines is 1.